The van der Waals surface area contributed by atoms with E-state index in [2.05, 4.69) is 13.0 Å². The molecule has 30 heavy (non-hydrogen) atoms. The van der Waals surface area contributed by atoms with Crippen LogP contribution >= 0.6 is 11.6 Å². The highest BCUT2D eigenvalue weighted by molar-refractivity contribution is 6.32. The molecule has 3 heteroatoms. The van der Waals surface area contributed by atoms with E-state index in [-0.39, 0.29) is 10.8 Å². The van der Waals surface area contributed by atoms with Crippen LogP contribution in [-0.4, -0.2) is 6.61 Å². The molecule has 0 atom stereocenters. The van der Waals surface area contributed by atoms with Crippen molar-refractivity contribution in [3.05, 3.63) is 34.6 Å². The van der Waals surface area contributed by atoms with Gasteiger partial charge < -0.3 is 4.74 Å². The van der Waals surface area contributed by atoms with Crippen LogP contribution in [0.5, 0.6) is 5.75 Å². The summed E-state index contributed by atoms with van der Waals surface area (Å²) in [7, 11) is 0. The van der Waals surface area contributed by atoms with E-state index in [1.165, 1.54) is 77.0 Å². The fourth-order valence-electron chi connectivity index (χ4n) is 5.62. The fraction of sp³-hybridized carbons (Fsp3) is 0.704. The summed E-state index contributed by atoms with van der Waals surface area (Å²) in [5, 5.41) is 0.0907. The zero-order valence-corrected chi connectivity index (χ0v) is 19.7. The molecule has 0 aliphatic heterocycles. The molecular weight excluding hydrogens is 395 g/mol. The lowest BCUT2D eigenvalue weighted by atomic mass is 9.68. The van der Waals surface area contributed by atoms with Crippen LogP contribution < -0.4 is 4.74 Å². The molecule has 1 nitrogen and oxygen atoms in total. The Hall–Kier alpha value is -1.02. The van der Waals surface area contributed by atoms with E-state index < -0.39 is 0 Å². The first-order chi connectivity index (χ1) is 14.6. The van der Waals surface area contributed by atoms with Crippen molar-refractivity contribution < 1.29 is 9.13 Å². The Morgan fingerprint density at radius 3 is 2.27 bits per heavy atom. The molecule has 0 unspecified atom stereocenters. The van der Waals surface area contributed by atoms with Gasteiger partial charge in [0.05, 0.1) is 6.61 Å². The molecule has 0 amide bonds. The van der Waals surface area contributed by atoms with Gasteiger partial charge in [-0.15, -0.1) is 0 Å². The van der Waals surface area contributed by atoms with Crippen molar-refractivity contribution in [2.45, 2.75) is 90.9 Å². The standard InChI is InChI=1S/C27H40ClFO/c1-3-5-6-7-20-8-13-22(14-9-20)23-15-10-21(11-16-23)12-17-24-18-19-25(30-4-2)26(28)27(24)29/h12,17-23H,3-11,13-16H2,1-2H3. The Bertz CT molecular complexity index is 670. The van der Waals surface area contributed by atoms with Crippen LogP contribution in [0.3, 0.4) is 0 Å². The molecule has 2 aliphatic carbocycles. The average Bonchev–Trinajstić information content (AvgIpc) is 2.78. The Morgan fingerprint density at radius 1 is 0.967 bits per heavy atom. The summed E-state index contributed by atoms with van der Waals surface area (Å²) in [6.07, 6.45) is 20.8. The van der Waals surface area contributed by atoms with Crippen molar-refractivity contribution >= 4 is 17.7 Å². The summed E-state index contributed by atoms with van der Waals surface area (Å²) < 4.78 is 19.9. The van der Waals surface area contributed by atoms with Gasteiger partial charge in [-0.05, 0) is 81.3 Å². The molecule has 0 saturated heterocycles. The lowest BCUT2D eigenvalue weighted by Gasteiger charge is -2.37. The van der Waals surface area contributed by atoms with E-state index in [9.17, 15) is 4.39 Å². The van der Waals surface area contributed by atoms with Crippen molar-refractivity contribution in [1.82, 2.24) is 0 Å². The highest BCUT2D eigenvalue weighted by Crippen LogP contribution is 2.42. The molecule has 0 N–H and O–H groups in total. The zero-order chi connectivity index (χ0) is 21.3. The van der Waals surface area contributed by atoms with Crippen molar-refractivity contribution in [1.29, 1.82) is 0 Å². The van der Waals surface area contributed by atoms with Crippen molar-refractivity contribution in [3.8, 4) is 5.75 Å². The van der Waals surface area contributed by atoms with Crippen LogP contribution in [0.1, 0.15) is 96.5 Å². The SMILES string of the molecule is CCCCCC1CCC(C2CCC(C=Cc3ccc(OCC)c(Cl)c3F)CC2)CC1. The van der Waals surface area contributed by atoms with Gasteiger partial charge in [0.25, 0.3) is 0 Å². The quantitative estimate of drug-likeness (QED) is 0.352. The molecular formula is C27H40ClFO. The van der Waals surface area contributed by atoms with Crippen molar-refractivity contribution in [3.63, 3.8) is 0 Å². The third-order valence-electron chi connectivity index (χ3n) is 7.52. The first-order valence-electron chi connectivity index (χ1n) is 12.4. The van der Waals surface area contributed by atoms with E-state index in [0.29, 0.717) is 23.8 Å². The molecule has 168 valence electrons. The minimum atomic E-state index is -0.372. The first-order valence-corrected chi connectivity index (χ1v) is 12.8. The predicted octanol–water partition coefficient (Wildman–Crippen LogP) is 9.08. The summed E-state index contributed by atoms with van der Waals surface area (Å²) in [4.78, 5) is 0. The van der Waals surface area contributed by atoms with Gasteiger partial charge in [0.1, 0.15) is 10.8 Å². The molecule has 1 aromatic rings. The fourth-order valence-corrected chi connectivity index (χ4v) is 5.85. The molecule has 0 heterocycles. The van der Waals surface area contributed by atoms with E-state index in [1.54, 1.807) is 12.1 Å². The summed E-state index contributed by atoms with van der Waals surface area (Å²) in [5.41, 5.74) is 0.562. The third kappa shape index (κ3) is 6.49. The van der Waals surface area contributed by atoms with Crippen molar-refractivity contribution in [2.75, 3.05) is 6.61 Å². The normalized spacial score (nSPS) is 27.5. The minimum Gasteiger partial charge on any atom is -0.492 e. The number of hydrogen-bond acceptors (Lipinski definition) is 1. The molecule has 0 radical (unpaired) electrons. The maximum absolute atomic E-state index is 14.5. The maximum atomic E-state index is 14.5. The smallest absolute Gasteiger partial charge is 0.152 e. The highest BCUT2D eigenvalue weighted by atomic mass is 35.5. The number of hydrogen-bond donors (Lipinski definition) is 0. The van der Waals surface area contributed by atoms with Gasteiger partial charge in [0, 0.05) is 5.56 Å². The molecule has 0 aromatic heterocycles. The van der Waals surface area contributed by atoms with Gasteiger partial charge in [-0.1, -0.05) is 69.2 Å². The molecule has 3 rings (SSSR count). The average molecular weight is 435 g/mol. The van der Waals surface area contributed by atoms with Gasteiger partial charge in [-0.2, -0.15) is 0 Å². The van der Waals surface area contributed by atoms with Gasteiger partial charge >= 0.3 is 0 Å². The summed E-state index contributed by atoms with van der Waals surface area (Å²) >= 11 is 6.12. The second kappa shape index (κ2) is 12.1. The van der Waals surface area contributed by atoms with Gasteiger partial charge in [-0.3, -0.25) is 0 Å². The number of rotatable bonds is 9. The monoisotopic (exact) mass is 434 g/mol. The number of ether oxygens (including phenoxy) is 1. The molecule has 0 spiro atoms. The second-order valence-corrected chi connectivity index (χ2v) is 9.90. The maximum Gasteiger partial charge on any atom is 0.152 e. The molecule has 2 aliphatic rings. The second-order valence-electron chi connectivity index (χ2n) is 9.52. The van der Waals surface area contributed by atoms with Crippen LogP contribution in [0.2, 0.25) is 5.02 Å². The lowest BCUT2D eigenvalue weighted by Crippen LogP contribution is -2.25. The number of unbranched alkanes of at least 4 members (excludes halogenated alkanes) is 2. The first kappa shape index (κ1) is 23.6. The number of allylic oxidation sites excluding steroid dienone is 1. The Labute approximate surface area is 188 Å². The Balaban J connectivity index is 1.43. The summed E-state index contributed by atoms with van der Waals surface area (Å²) in [6, 6.07) is 3.54. The van der Waals surface area contributed by atoms with Crippen LogP contribution in [-0.2, 0) is 0 Å². The molecule has 1 aromatic carbocycles. The Kier molecular flexibility index (Phi) is 9.56. The predicted molar refractivity (Wildman–Crippen MR) is 127 cm³/mol. The van der Waals surface area contributed by atoms with E-state index in [1.807, 2.05) is 13.0 Å². The van der Waals surface area contributed by atoms with E-state index in [0.717, 1.165) is 17.8 Å². The highest BCUT2D eigenvalue weighted by Gasteiger charge is 2.30. The number of halogens is 2. The van der Waals surface area contributed by atoms with Crippen molar-refractivity contribution in [2.24, 2.45) is 23.7 Å². The topological polar surface area (TPSA) is 9.23 Å². The van der Waals surface area contributed by atoms with Crippen LogP contribution in [0.15, 0.2) is 18.2 Å². The van der Waals surface area contributed by atoms with E-state index >= 15 is 0 Å². The van der Waals surface area contributed by atoms with E-state index in [4.69, 9.17) is 16.3 Å². The van der Waals surface area contributed by atoms with Crippen LogP contribution in [0.25, 0.3) is 6.08 Å². The van der Waals surface area contributed by atoms with Crippen LogP contribution in [0.4, 0.5) is 4.39 Å². The van der Waals surface area contributed by atoms with Gasteiger partial charge in [0.2, 0.25) is 0 Å². The Morgan fingerprint density at radius 2 is 1.63 bits per heavy atom. The molecule has 2 fully saturated rings. The van der Waals surface area contributed by atoms with Gasteiger partial charge in [0.15, 0.2) is 5.82 Å². The van der Waals surface area contributed by atoms with Crippen LogP contribution in [0, 0.1) is 29.5 Å². The van der Waals surface area contributed by atoms with Gasteiger partial charge in [-0.25, -0.2) is 4.39 Å². The minimum absolute atomic E-state index is 0.0907. The summed E-state index contributed by atoms with van der Waals surface area (Å²) in [5.74, 6) is 3.50. The lowest BCUT2D eigenvalue weighted by molar-refractivity contribution is 0.151. The summed E-state index contributed by atoms with van der Waals surface area (Å²) in [6.45, 7) is 4.65. The zero-order valence-electron chi connectivity index (χ0n) is 19.0. The molecule has 0 bridgehead atoms. The third-order valence-corrected chi connectivity index (χ3v) is 7.87. The largest absolute Gasteiger partial charge is 0.492 e. The number of benzene rings is 1. The molecule has 2 saturated carbocycles.